The van der Waals surface area contributed by atoms with E-state index in [4.69, 9.17) is 16.0 Å². The average molecular weight is 419 g/mol. The van der Waals surface area contributed by atoms with Crippen molar-refractivity contribution in [1.82, 2.24) is 14.5 Å². The largest absolute Gasteiger partial charge is 0.489 e. The van der Waals surface area contributed by atoms with Crippen molar-refractivity contribution >= 4 is 22.5 Å². The molecule has 0 saturated carbocycles. The maximum absolute atomic E-state index is 12.5. The lowest BCUT2D eigenvalue weighted by Crippen LogP contribution is -2.39. The molecule has 160 valence electrons. The van der Waals surface area contributed by atoms with Gasteiger partial charge in [-0.2, -0.15) is 0 Å². The Morgan fingerprint density at radius 3 is 2.61 bits per heavy atom. The second-order valence-electron chi connectivity index (χ2n) is 7.88. The highest BCUT2D eigenvalue weighted by Gasteiger charge is 2.25. The molecule has 1 fully saturated rings. The third-order valence-electron chi connectivity index (χ3n) is 5.32. The zero-order chi connectivity index (χ0) is 22.0. The Hall–Kier alpha value is -3.60. The van der Waals surface area contributed by atoms with Crippen molar-refractivity contribution in [1.29, 1.82) is 0 Å². The molecule has 8 heteroatoms. The van der Waals surface area contributed by atoms with Crippen LogP contribution >= 0.6 is 0 Å². The fourth-order valence-electron chi connectivity index (χ4n) is 3.77. The maximum atomic E-state index is 12.5. The van der Waals surface area contributed by atoms with Gasteiger partial charge in [-0.05, 0) is 32.0 Å². The van der Waals surface area contributed by atoms with Gasteiger partial charge in [0.2, 0.25) is 11.4 Å². The van der Waals surface area contributed by atoms with E-state index in [0.29, 0.717) is 17.2 Å². The van der Waals surface area contributed by atoms with Gasteiger partial charge in [-0.15, -0.1) is 4.98 Å². The predicted octanol–water partition coefficient (Wildman–Crippen LogP) is 3.71. The summed E-state index contributed by atoms with van der Waals surface area (Å²) in [5.74, 6) is 1.62. The molecule has 0 aliphatic carbocycles. The minimum absolute atomic E-state index is 0.0465. The molecule has 0 spiro atoms. The van der Waals surface area contributed by atoms with Crippen LogP contribution < -0.4 is 19.9 Å². The van der Waals surface area contributed by atoms with Crippen LogP contribution in [0.15, 0.2) is 41.3 Å². The lowest BCUT2D eigenvalue weighted by atomic mass is 10.1. The summed E-state index contributed by atoms with van der Waals surface area (Å²) in [5, 5.41) is 0. The van der Waals surface area contributed by atoms with Gasteiger partial charge in [-0.1, -0.05) is 6.57 Å². The number of fused-ring (bicyclic) bond motifs is 1. The molecule has 0 amide bonds. The van der Waals surface area contributed by atoms with Crippen molar-refractivity contribution in [3.8, 4) is 11.6 Å². The Kier molecular flexibility index (Phi) is 5.76. The number of pyridine rings is 3. The van der Waals surface area contributed by atoms with Gasteiger partial charge in [0.15, 0.2) is 0 Å². The molecule has 0 unspecified atom stereocenters. The van der Waals surface area contributed by atoms with Gasteiger partial charge in [0, 0.05) is 45.1 Å². The summed E-state index contributed by atoms with van der Waals surface area (Å²) in [7, 11) is 1.72. The van der Waals surface area contributed by atoms with Gasteiger partial charge < -0.3 is 23.8 Å². The van der Waals surface area contributed by atoms with E-state index in [9.17, 15) is 4.79 Å². The van der Waals surface area contributed by atoms with Gasteiger partial charge in [0.1, 0.15) is 11.9 Å². The van der Waals surface area contributed by atoms with E-state index in [0.717, 1.165) is 42.9 Å². The minimum Gasteiger partial charge on any atom is -0.489 e. The topological polar surface area (TPSA) is 73.8 Å². The molecule has 31 heavy (non-hydrogen) atoms. The molecule has 1 aliphatic heterocycles. The van der Waals surface area contributed by atoms with Gasteiger partial charge in [-0.25, -0.2) is 4.98 Å². The highest BCUT2D eigenvalue weighted by molar-refractivity contribution is 5.89. The van der Waals surface area contributed by atoms with Crippen molar-refractivity contribution in [2.45, 2.75) is 38.9 Å². The molecule has 0 N–H and O–H groups in total. The van der Waals surface area contributed by atoms with Crippen LogP contribution in [0.1, 0.15) is 26.7 Å². The Bertz CT molecular complexity index is 1170. The lowest BCUT2D eigenvalue weighted by molar-refractivity contribution is 0.163. The number of piperidine rings is 1. The van der Waals surface area contributed by atoms with Crippen molar-refractivity contribution in [3.63, 3.8) is 0 Å². The Morgan fingerprint density at radius 1 is 1.19 bits per heavy atom. The number of nitrogens with zero attached hydrogens (tertiary/aromatic N) is 5. The highest BCUT2D eigenvalue weighted by Crippen LogP contribution is 2.29. The summed E-state index contributed by atoms with van der Waals surface area (Å²) < 4.78 is 13.2. The molecule has 1 saturated heterocycles. The SMILES string of the molecule is [C-]#[N+]c1ccc2c(n1)c(N1CCC(Oc3ccc(OC(C)C)cn3)CC1)cc(=O)n2C. The van der Waals surface area contributed by atoms with Crippen molar-refractivity contribution in [2.24, 2.45) is 7.05 Å². The summed E-state index contributed by atoms with van der Waals surface area (Å²) in [6.07, 6.45) is 3.42. The zero-order valence-electron chi connectivity index (χ0n) is 17.9. The number of hydrogen-bond acceptors (Lipinski definition) is 6. The molecule has 0 atom stereocenters. The first-order valence-electron chi connectivity index (χ1n) is 10.4. The van der Waals surface area contributed by atoms with E-state index in [2.05, 4.69) is 19.7 Å². The number of rotatable bonds is 5. The fraction of sp³-hybridized carbons (Fsp3) is 0.391. The van der Waals surface area contributed by atoms with Crippen molar-refractivity contribution < 1.29 is 9.47 Å². The monoisotopic (exact) mass is 419 g/mol. The quantitative estimate of drug-likeness (QED) is 0.587. The summed E-state index contributed by atoms with van der Waals surface area (Å²) in [5.41, 5.74) is 2.08. The summed E-state index contributed by atoms with van der Waals surface area (Å²) in [6, 6.07) is 8.73. The molecule has 0 bridgehead atoms. The van der Waals surface area contributed by atoms with Gasteiger partial charge in [0.05, 0.1) is 23.5 Å². The van der Waals surface area contributed by atoms with Gasteiger partial charge >= 0.3 is 0 Å². The van der Waals surface area contributed by atoms with Crippen molar-refractivity contribution in [3.05, 3.63) is 58.3 Å². The highest BCUT2D eigenvalue weighted by atomic mass is 16.5. The predicted molar refractivity (Wildman–Crippen MR) is 119 cm³/mol. The van der Waals surface area contributed by atoms with Crippen LogP contribution in [0.4, 0.5) is 11.5 Å². The maximum Gasteiger partial charge on any atom is 0.270 e. The third kappa shape index (κ3) is 4.45. The first kappa shape index (κ1) is 20.7. The Labute approximate surface area is 180 Å². The van der Waals surface area contributed by atoms with Crippen LogP contribution in [0.5, 0.6) is 11.6 Å². The fourth-order valence-corrected chi connectivity index (χ4v) is 3.77. The number of hydrogen-bond donors (Lipinski definition) is 0. The Balaban J connectivity index is 1.48. The molecular formula is C23H25N5O3. The van der Waals surface area contributed by atoms with E-state index in [1.165, 1.54) is 0 Å². The van der Waals surface area contributed by atoms with Gasteiger partial charge in [0.25, 0.3) is 11.4 Å². The molecule has 0 radical (unpaired) electrons. The molecule has 4 rings (SSSR count). The number of aromatic nitrogens is 3. The first-order valence-corrected chi connectivity index (χ1v) is 10.4. The zero-order valence-corrected chi connectivity index (χ0v) is 17.9. The molecule has 3 aromatic rings. The second kappa shape index (κ2) is 8.64. The summed E-state index contributed by atoms with van der Waals surface area (Å²) in [6.45, 7) is 12.7. The summed E-state index contributed by atoms with van der Waals surface area (Å²) in [4.78, 5) is 26.9. The molecule has 1 aliphatic rings. The second-order valence-corrected chi connectivity index (χ2v) is 7.88. The number of aryl methyl sites for hydroxylation is 1. The first-order chi connectivity index (χ1) is 14.9. The molecule has 0 aromatic carbocycles. The third-order valence-corrected chi connectivity index (χ3v) is 5.32. The van der Waals surface area contributed by atoms with Crippen molar-refractivity contribution in [2.75, 3.05) is 18.0 Å². The summed E-state index contributed by atoms with van der Waals surface area (Å²) >= 11 is 0. The number of anilines is 1. The van der Waals surface area contributed by atoms with Crippen LogP contribution in [-0.2, 0) is 7.05 Å². The lowest BCUT2D eigenvalue weighted by Gasteiger charge is -2.33. The van der Waals surface area contributed by atoms with E-state index in [1.807, 2.05) is 26.0 Å². The van der Waals surface area contributed by atoms with Crippen LogP contribution in [0.3, 0.4) is 0 Å². The van der Waals surface area contributed by atoms with E-state index in [1.54, 1.807) is 36.0 Å². The van der Waals surface area contributed by atoms with E-state index in [-0.39, 0.29) is 17.8 Å². The van der Waals surface area contributed by atoms with Crippen LogP contribution in [0, 0.1) is 6.57 Å². The number of ether oxygens (including phenoxy) is 2. The normalized spacial score (nSPS) is 14.6. The van der Waals surface area contributed by atoms with E-state index < -0.39 is 0 Å². The van der Waals surface area contributed by atoms with Gasteiger partial charge in [-0.3, -0.25) is 4.79 Å². The van der Waals surface area contributed by atoms with Crippen LogP contribution in [0.25, 0.3) is 15.9 Å². The molecule has 4 heterocycles. The van der Waals surface area contributed by atoms with Crippen LogP contribution in [0.2, 0.25) is 0 Å². The van der Waals surface area contributed by atoms with Crippen LogP contribution in [-0.4, -0.2) is 39.8 Å². The molecular weight excluding hydrogens is 394 g/mol. The Morgan fingerprint density at radius 2 is 1.97 bits per heavy atom. The average Bonchev–Trinajstić information content (AvgIpc) is 2.77. The van der Waals surface area contributed by atoms with E-state index >= 15 is 0 Å². The minimum atomic E-state index is -0.0915. The standard InChI is InChI=1S/C23H25N5O3/c1-15(2)30-17-5-8-21(25-14-17)31-16-9-11-28(12-10-16)19-13-22(29)27(4)18-6-7-20(24-3)26-23(18)19/h5-8,13-16H,9-12H2,1-2,4H3. The smallest absolute Gasteiger partial charge is 0.270 e. The molecule has 8 nitrogen and oxygen atoms in total. The molecule has 3 aromatic heterocycles.